The Bertz CT molecular complexity index is 497. The second-order valence-corrected chi connectivity index (χ2v) is 5.16. The van der Waals surface area contributed by atoms with Gasteiger partial charge in [0, 0.05) is 13.1 Å². The molecule has 0 aromatic carbocycles. The first-order valence-electron chi connectivity index (χ1n) is 4.88. The van der Waals surface area contributed by atoms with Gasteiger partial charge in [-0.25, -0.2) is 18.5 Å². The van der Waals surface area contributed by atoms with E-state index in [4.69, 9.17) is 9.88 Å². The molecule has 0 saturated heterocycles. The molecule has 7 heteroatoms. The first kappa shape index (κ1) is 11.2. The molecule has 0 bridgehead atoms. The average Bonchev–Trinajstić information content (AvgIpc) is 3.00. The molecule has 3 N–H and O–H groups in total. The summed E-state index contributed by atoms with van der Waals surface area (Å²) < 4.78 is 28.1. The van der Waals surface area contributed by atoms with Gasteiger partial charge in [-0.1, -0.05) is 0 Å². The minimum Gasteiger partial charge on any atom is -0.489 e. The number of pyridine rings is 1. The van der Waals surface area contributed by atoms with Crippen molar-refractivity contribution in [2.45, 2.75) is 23.8 Å². The molecule has 0 radical (unpaired) electrons. The third-order valence-electron chi connectivity index (χ3n) is 2.20. The summed E-state index contributed by atoms with van der Waals surface area (Å²) in [6.45, 7) is 0. The Balaban J connectivity index is 2.37. The summed E-state index contributed by atoms with van der Waals surface area (Å²) in [7, 11) is -2.21. The minimum absolute atomic E-state index is 0.0480. The second kappa shape index (κ2) is 3.91. The van der Waals surface area contributed by atoms with Gasteiger partial charge in [-0.15, -0.1) is 0 Å². The van der Waals surface area contributed by atoms with Crippen LogP contribution in [0.4, 0.5) is 5.82 Å². The SMILES string of the molecule is CNc1ncc(OC2CC2)cc1S(N)(=O)=O. The van der Waals surface area contributed by atoms with E-state index in [0.29, 0.717) is 5.75 Å². The molecular formula is C9H13N3O3S. The lowest BCUT2D eigenvalue weighted by Crippen LogP contribution is -2.15. The van der Waals surface area contributed by atoms with Gasteiger partial charge in [0.2, 0.25) is 10.0 Å². The van der Waals surface area contributed by atoms with Crippen LogP contribution in [0.3, 0.4) is 0 Å². The largest absolute Gasteiger partial charge is 0.489 e. The second-order valence-electron chi connectivity index (χ2n) is 3.63. The van der Waals surface area contributed by atoms with E-state index >= 15 is 0 Å². The molecule has 1 saturated carbocycles. The van der Waals surface area contributed by atoms with Gasteiger partial charge in [0.1, 0.15) is 16.5 Å². The third-order valence-corrected chi connectivity index (χ3v) is 3.12. The quantitative estimate of drug-likeness (QED) is 0.793. The molecule has 16 heavy (non-hydrogen) atoms. The van der Waals surface area contributed by atoms with Gasteiger partial charge < -0.3 is 10.1 Å². The van der Waals surface area contributed by atoms with Crippen molar-refractivity contribution in [1.82, 2.24) is 4.98 Å². The summed E-state index contributed by atoms with van der Waals surface area (Å²) >= 11 is 0. The number of hydrogen-bond acceptors (Lipinski definition) is 5. The molecule has 1 aliphatic carbocycles. The molecule has 0 spiro atoms. The third kappa shape index (κ3) is 2.42. The van der Waals surface area contributed by atoms with Crippen LogP contribution >= 0.6 is 0 Å². The number of rotatable bonds is 4. The van der Waals surface area contributed by atoms with Gasteiger partial charge in [0.05, 0.1) is 12.3 Å². The molecule has 1 aromatic heterocycles. The Morgan fingerprint density at radius 3 is 2.75 bits per heavy atom. The van der Waals surface area contributed by atoms with Crippen molar-refractivity contribution < 1.29 is 13.2 Å². The number of nitrogens with one attached hydrogen (secondary N) is 1. The molecule has 6 nitrogen and oxygen atoms in total. The fraction of sp³-hybridized carbons (Fsp3) is 0.444. The van der Waals surface area contributed by atoms with Gasteiger partial charge in [-0.2, -0.15) is 0 Å². The van der Waals surface area contributed by atoms with Gasteiger partial charge in [-0.3, -0.25) is 0 Å². The van der Waals surface area contributed by atoms with Crippen LogP contribution in [-0.4, -0.2) is 26.6 Å². The van der Waals surface area contributed by atoms with Crippen LogP contribution in [0.2, 0.25) is 0 Å². The number of anilines is 1. The molecule has 1 heterocycles. The Morgan fingerprint density at radius 2 is 2.25 bits per heavy atom. The summed E-state index contributed by atoms with van der Waals surface area (Å²) in [5.41, 5.74) is 0. The van der Waals surface area contributed by atoms with Crippen LogP contribution < -0.4 is 15.2 Å². The monoisotopic (exact) mass is 243 g/mol. The molecule has 88 valence electrons. The van der Waals surface area contributed by atoms with E-state index in [1.165, 1.54) is 12.3 Å². The van der Waals surface area contributed by atoms with E-state index in [0.717, 1.165) is 12.8 Å². The van der Waals surface area contributed by atoms with Crippen molar-refractivity contribution >= 4 is 15.8 Å². The van der Waals surface area contributed by atoms with Crippen LogP contribution in [0.25, 0.3) is 0 Å². The highest BCUT2D eigenvalue weighted by Crippen LogP contribution is 2.29. The first-order valence-corrected chi connectivity index (χ1v) is 6.42. The maximum Gasteiger partial charge on any atom is 0.241 e. The van der Waals surface area contributed by atoms with Crippen molar-refractivity contribution in [2.24, 2.45) is 5.14 Å². The summed E-state index contributed by atoms with van der Waals surface area (Å²) in [5.74, 6) is 0.663. The fourth-order valence-electron chi connectivity index (χ4n) is 1.27. The summed E-state index contributed by atoms with van der Waals surface area (Å²) in [6.07, 6.45) is 3.67. The zero-order valence-electron chi connectivity index (χ0n) is 8.80. The van der Waals surface area contributed by atoms with E-state index in [1.54, 1.807) is 7.05 Å². The number of hydrogen-bond donors (Lipinski definition) is 2. The molecule has 2 rings (SSSR count). The zero-order chi connectivity index (χ0) is 11.8. The van der Waals surface area contributed by atoms with Gasteiger partial charge in [-0.05, 0) is 12.8 Å². The number of ether oxygens (including phenoxy) is 1. The minimum atomic E-state index is -3.79. The van der Waals surface area contributed by atoms with E-state index in [9.17, 15) is 8.42 Å². The molecular weight excluding hydrogens is 230 g/mol. The van der Waals surface area contributed by atoms with Crippen molar-refractivity contribution in [3.05, 3.63) is 12.3 Å². The smallest absolute Gasteiger partial charge is 0.241 e. The normalized spacial score (nSPS) is 15.9. The highest BCUT2D eigenvalue weighted by Gasteiger charge is 2.25. The summed E-state index contributed by atoms with van der Waals surface area (Å²) in [5, 5.41) is 7.76. The zero-order valence-corrected chi connectivity index (χ0v) is 9.62. The van der Waals surface area contributed by atoms with Crippen LogP contribution in [0.5, 0.6) is 5.75 Å². The van der Waals surface area contributed by atoms with E-state index in [-0.39, 0.29) is 16.8 Å². The van der Waals surface area contributed by atoms with Crippen molar-refractivity contribution in [3.63, 3.8) is 0 Å². The maximum atomic E-state index is 11.3. The highest BCUT2D eigenvalue weighted by atomic mass is 32.2. The highest BCUT2D eigenvalue weighted by molar-refractivity contribution is 7.89. The van der Waals surface area contributed by atoms with Crippen molar-refractivity contribution in [3.8, 4) is 5.75 Å². The molecule has 1 fully saturated rings. The Morgan fingerprint density at radius 1 is 1.56 bits per heavy atom. The van der Waals surface area contributed by atoms with Crippen molar-refractivity contribution in [1.29, 1.82) is 0 Å². The van der Waals surface area contributed by atoms with E-state index in [2.05, 4.69) is 10.3 Å². The van der Waals surface area contributed by atoms with Gasteiger partial charge >= 0.3 is 0 Å². The van der Waals surface area contributed by atoms with Crippen LogP contribution in [0.15, 0.2) is 17.2 Å². The number of nitrogens with two attached hydrogens (primary N) is 1. The predicted octanol–water partition coefficient (Wildman–Crippen LogP) is 0.312. The van der Waals surface area contributed by atoms with E-state index < -0.39 is 10.0 Å². The van der Waals surface area contributed by atoms with Crippen molar-refractivity contribution in [2.75, 3.05) is 12.4 Å². The molecule has 0 amide bonds. The summed E-state index contributed by atoms with van der Waals surface area (Å²) in [4.78, 5) is 3.90. The molecule has 1 aromatic rings. The Kier molecular flexibility index (Phi) is 2.73. The van der Waals surface area contributed by atoms with Gasteiger partial charge in [0.25, 0.3) is 0 Å². The lowest BCUT2D eigenvalue weighted by atomic mass is 10.4. The standard InChI is InChI=1S/C9H13N3O3S/c1-11-9-8(16(10,13)14)4-7(5-12-9)15-6-2-3-6/h4-6H,2-3H2,1H3,(H,11,12)(H2,10,13,14). The number of aromatic nitrogens is 1. The molecule has 0 unspecified atom stereocenters. The number of sulfonamides is 1. The fourth-order valence-corrected chi connectivity index (χ4v) is 1.98. The lowest BCUT2D eigenvalue weighted by molar-refractivity contribution is 0.301. The first-order chi connectivity index (χ1) is 7.50. The van der Waals surface area contributed by atoms with E-state index in [1.807, 2.05) is 0 Å². The molecule has 0 aliphatic heterocycles. The predicted molar refractivity (Wildman–Crippen MR) is 58.8 cm³/mol. The van der Waals surface area contributed by atoms with Crippen LogP contribution in [0.1, 0.15) is 12.8 Å². The van der Waals surface area contributed by atoms with Crippen LogP contribution in [-0.2, 0) is 10.0 Å². The molecule has 0 atom stereocenters. The maximum absolute atomic E-state index is 11.3. The number of nitrogens with zero attached hydrogens (tertiary/aromatic N) is 1. The topological polar surface area (TPSA) is 94.3 Å². The average molecular weight is 243 g/mol. The van der Waals surface area contributed by atoms with Gasteiger partial charge in [0.15, 0.2) is 0 Å². The molecule has 1 aliphatic rings. The van der Waals surface area contributed by atoms with Crippen LogP contribution in [0, 0.1) is 0 Å². The Hall–Kier alpha value is -1.34. The lowest BCUT2D eigenvalue weighted by Gasteiger charge is -2.09. The Labute approximate surface area is 93.9 Å². The summed E-state index contributed by atoms with van der Waals surface area (Å²) in [6, 6.07) is 1.40. The number of primary sulfonamides is 1.